The highest BCUT2D eigenvalue weighted by molar-refractivity contribution is 5.87. The summed E-state index contributed by atoms with van der Waals surface area (Å²) < 4.78 is 5.59. The van der Waals surface area contributed by atoms with Crippen molar-refractivity contribution in [1.29, 1.82) is 0 Å². The molecule has 1 aromatic carbocycles. The van der Waals surface area contributed by atoms with Crippen LogP contribution in [0.2, 0.25) is 0 Å². The molecule has 0 fully saturated rings. The lowest BCUT2D eigenvalue weighted by atomic mass is 10.2. The summed E-state index contributed by atoms with van der Waals surface area (Å²) in [7, 11) is 1.97. The Kier molecular flexibility index (Phi) is 9.61. The van der Waals surface area contributed by atoms with Crippen LogP contribution in [-0.2, 0) is 0 Å². The maximum Gasteiger partial charge on any atom is 0.335 e. The van der Waals surface area contributed by atoms with E-state index >= 15 is 0 Å². The standard InChI is InChI=1S/C14H22N2O.C7H6O3/c1-11(2)17-14-8-13(9-16-10-14)7-5-6-12(3)15-4;8-6-3-1-5(2-4-6)7(9)10/h5,7-12,15H,6H2,1-4H3;1-4,8H,(H,9,10)/b7-5+;. The first kappa shape index (κ1) is 22.2. The lowest BCUT2D eigenvalue weighted by Gasteiger charge is -2.09. The normalized spacial score (nSPS) is 11.7. The fourth-order valence-corrected chi connectivity index (χ4v) is 1.99. The van der Waals surface area contributed by atoms with Crippen molar-refractivity contribution in [2.45, 2.75) is 39.3 Å². The number of ether oxygens (including phenoxy) is 1. The molecule has 1 atom stereocenters. The van der Waals surface area contributed by atoms with Crippen molar-refractivity contribution in [3.63, 3.8) is 0 Å². The molecule has 146 valence electrons. The largest absolute Gasteiger partial charge is 0.508 e. The van der Waals surface area contributed by atoms with Gasteiger partial charge in [-0.3, -0.25) is 4.98 Å². The summed E-state index contributed by atoms with van der Waals surface area (Å²) in [6, 6.07) is 7.87. The van der Waals surface area contributed by atoms with Gasteiger partial charge in [-0.15, -0.1) is 0 Å². The van der Waals surface area contributed by atoms with Crippen LogP contribution in [-0.4, -0.2) is 40.4 Å². The van der Waals surface area contributed by atoms with Crippen LogP contribution in [0.25, 0.3) is 6.08 Å². The van der Waals surface area contributed by atoms with Crippen molar-refractivity contribution >= 4 is 12.0 Å². The Hall–Kier alpha value is -2.86. The number of aromatic carboxylic acids is 1. The van der Waals surface area contributed by atoms with Gasteiger partial charge in [0, 0.05) is 12.2 Å². The number of nitrogens with one attached hydrogen (secondary N) is 1. The van der Waals surface area contributed by atoms with E-state index in [9.17, 15) is 4.79 Å². The summed E-state index contributed by atoms with van der Waals surface area (Å²) >= 11 is 0. The highest BCUT2D eigenvalue weighted by Gasteiger charge is 2.00. The van der Waals surface area contributed by atoms with Crippen LogP contribution in [0.15, 0.2) is 48.8 Å². The van der Waals surface area contributed by atoms with Crippen molar-refractivity contribution < 1.29 is 19.7 Å². The second-order valence-electron chi connectivity index (χ2n) is 6.30. The van der Waals surface area contributed by atoms with E-state index in [1.54, 1.807) is 6.20 Å². The van der Waals surface area contributed by atoms with Crippen molar-refractivity contribution in [3.05, 3.63) is 59.9 Å². The summed E-state index contributed by atoms with van der Waals surface area (Å²) in [6.45, 7) is 6.18. The number of phenols is 1. The van der Waals surface area contributed by atoms with Crippen LogP contribution in [0.4, 0.5) is 0 Å². The van der Waals surface area contributed by atoms with Gasteiger partial charge < -0.3 is 20.3 Å². The Labute approximate surface area is 160 Å². The fraction of sp³-hybridized carbons (Fsp3) is 0.333. The molecule has 1 aromatic heterocycles. The number of rotatable bonds is 7. The van der Waals surface area contributed by atoms with Crippen LogP contribution in [0.3, 0.4) is 0 Å². The van der Waals surface area contributed by atoms with Gasteiger partial charge >= 0.3 is 5.97 Å². The van der Waals surface area contributed by atoms with E-state index in [1.165, 1.54) is 24.3 Å². The predicted octanol–water partition coefficient (Wildman–Crippen LogP) is 3.97. The zero-order valence-electron chi connectivity index (χ0n) is 16.2. The molecule has 6 heteroatoms. The Morgan fingerprint density at radius 3 is 2.44 bits per heavy atom. The lowest BCUT2D eigenvalue weighted by Crippen LogP contribution is -2.19. The zero-order valence-corrected chi connectivity index (χ0v) is 16.2. The van der Waals surface area contributed by atoms with Crippen LogP contribution in [0.1, 0.15) is 43.1 Å². The van der Waals surface area contributed by atoms with E-state index in [1.807, 2.05) is 33.2 Å². The predicted molar refractivity (Wildman–Crippen MR) is 107 cm³/mol. The van der Waals surface area contributed by atoms with E-state index in [4.69, 9.17) is 14.9 Å². The highest BCUT2D eigenvalue weighted by Crippen LogP contribution is 2.14. The summed E-state index contributed by atoms with van der Waals surface area (Å²) in [5.74, 6) is -0.0891. The molecule has 2 aromatic rings. The Balaban J connectivity index is 0.000000309. The molecule has 0 aliphatic carbocycles. The van der Waals surface area contributed by atoms with Gasteiger partial charge in [-0.05, 0) is 70.1 Å². The minimum absolute atomic E-state index is 0.0741. The first-order valence-corrected chi connectivity index (χ1v) is 8.79. The Morgan fingerprint density at radius 2 is 1.89 bits per heavy atom. The van der Waals surface area contributed by atoms with E-state index in [0.717, 1.165) is 17.7 Å². The third kappa shape index (κ3) is 9.42. The highest BCUT2D eigenvalue weighted by atomic mass is 16.5. The zero-order chi connectivity index (χ0) is 20.2. The molecular weight excluding hydrogens is 344 g/mol. The number of hydrogen-bond acceptors (Lipinski definition) is 5. The van der Waals surface area contributed by atoms with Gasteiger partial charge in [0.05, 0.1) is 17.9 Å². The topological polar surface area (TPSA) is 91.7 Å². The molecule has 1 heterocycles. The Morgan fingerprint density at radius 1 is 1.22 bits per heavy atom. The monoisotopic (exact) mass is 372 g/mol. The summed E-state index contributed by atoms with van der Waals surface area (Å²) in [6.07, 6.45) is 9.00. The number of hydrogen-bond donors (Lipinski definition) is 3. The molecule has 0 aliphatic heterocycles. The summed E-state index contributed by atoms with van der Waals surface area (Å²) in [5, 5.41) is 20.3. The number of carbonyl (C=O) groups is 1. The number of benzene rings is 1. The first-order chi connectivity index (χ1) is 12.8. The molecule has 3 N–H and O–H groups in total. The smallest absolute Gasteiger partial charge is 0.335 e. The van der Waals surface area contributed by atoms with Gasteiger partial charge in [-0.1, -0.05) is 12.2 Å². The molecule has 0 spiro atoms. The number of nitrogens with zero attached hydrogens (tertiary/aromatic N) is 1. The SMILES string of the molecule is CNC(C)C/C=C/c1cncc(OC(C)C)c1.O=C(O)c1ccc(O)cc1. The van der Waals surface area contributed by atoms with Gasteiger partial charge in [-0.25, -0.2) is 4.79 Å². The quantitative estimate of drug-likeness (QED) is 0.681. The van der Waals surface area contributed by atoms with Crippen LogP contribution >= 0.6 is 0 Å². The second kappa shape index (κ2) is 11.7. The van der Waals surface area contributed by atoms with Crippen LogP contribution in [0, 0.1) is 0 Å². The second-order valence-corrected chi connectivity index (χ2v) is 6.30. The third-order valence-corrected chi connectivity index (χ3v) is 3.51. The molecule has 27 heavy (non-hydrogen) atoms. The minimum Gasteiger partial charge on any atom is -0.508 e. The molecule has 0 saturated heterocycles. The molecule has 1 unspecified atom stereocenters. The average molecular weight is 372 g/mol. The van der Waals surface area contributed by atoms with E-state index in [-0.39, 0.29) is 17.4 Å². The molecule has 0 radical (unpaired) electrons. The van der Waals surface area contributed by atoms with Gasteiger partial charge in [0.25, 0.3) is 0 Å². The lowest BCUT2D eigenvalue weighted by molar-refractivity contribution is 0.0697. The van der Waals surface area contributed by atoms with Crippen LogP contribution < -0.4 is 10.1 Å². The van der Waals surface area contributed by atoms with Gasteiger partial charge in [0.2, 0.25) is 0 Å². The van der Waals surface area contributed by atoms with Gasteiger partial charge in [-0.2, -0.15) is 0 Å². The number of carboxylic acids is 1. The fourth-order valence-electron chi connectivity index (χ4n) is 1.99. The first-order valence-electron chi connectivity index (χ1n) is 8.79. The minimum atomic E-state index is -0.986. The average Bonchev–Trinajstić information content (AvgIpc) is 2.62. The van der Waals surface area contributed by atoms with Gasteiger partial charge in [0.1, 0.15) is 11.5 Å². The molecule has 2 rings (SSSR count). The molecular formula is C21H28N2O4. The van der Waals surface area contributed by atoms with Crippen molar-refractivity contribution in [3.8, 4) is 11.5 Å². The molecule has 0 aliphatic rings. The number of pyridine rings is 1. The Bertz CT molecular complexity index is 727. The maximum atomic E-state index is 10.2. The molecule has 0 saturated carbocycles. The number of aromatic hydroxyl groups is 1. The number of carboxylic acid groups (broad SMARTS) is 1. The molecule has 0 amide bonds. The summed E-state index contributed by atoms with van der Waals surface area (Å²) in [5.41, 5.74) is 1.25. The summed E-state index contributed by atoms with van der Waals surface area (Å²) in [4.78, 5) is 14.4. The maximum absolute atomic E-state index is 10.2. The number of phenolic OH excluding ortho intramolecular Hbond substituents is 1. The molecule has 0 bridgehead atoms. The van der Waals surface area contributed by atoms with Crippen molar-refractivity contribution in [2.75, 3.05) is 7.05 Å². The third-order valence-electron chi connectivity index (χ3n) is 3.51. The van der Waals surface area contributed by atoms with Crippen LogP contribution in [0.5, 0.6) is 11.5 Å². The van der Waals surface area contributed by atoms with Crippen molar-refractivity contribution in [1.82, 2.24) is 10.3 Å². The van der Waals surface area contributed by atoms with E-state index in [0.29, 0.717) is 6.04 Å². The van der Waals surface area contributed by atoms with E-state index < -0.39 is 5.97 Å². The van der Waals surface area contributed by atoms with E-state index in [2.05, 4.69) is 29.4 Å². The molecule has 6 nitrogen and oxygen atoms in total. The number of aromatic nitrogens is 1. The van der Waals surface area contributed by atoms with Crippen molar-refractivity contribution in [2.24, 2.45) is 0 Å². The van der Waals surface area contributed by atoms with Gasteiger partial charge in [0.15, 0.2) is 0 Å².